The van der Waals surface area contributed by atoms with Gasteiger partial charge in [0.1, 0.15) is 5.82 Å². The van der Waals surface area contributed by atoms with E-state index in [4.69, 9.17) is 4.98 Å². The minimum absolute atomic E-state index is 0.256. The molecule has 0 N–H and O–H groups in total. The van der Waals surface area contributed by atoms with Crippen molar-refractivity contribution in [2.45, 2.75) is 40.7 Å². The lowest BCUT2D eigenvalue weighted by molar-refractivity contribution is 0.365. The average molecular weight is 273 g/mol. The van der Waals surface area contributed by atoms with Gasteiger partial charge in [-0.05, 0) is 44.1 Å². The van der Waals surface area contributed by atoms with Gasteiger partial charge in [0.25, 0.3) is 0 Å². The number of hydrogen-bond acceptors (Lipinski definition) is 2. The summed E-state index contributed by atoms with van der Waals surface area (Å²) in [5, 5.41) is 0. The highest BCUT2D eigenvalue weighted by Crippen LogP contribution is 2.24. The number of rotatable bonds is 4. The number of aromatic nitrogens is 2. The third-order valence-corrected chi connectivity index (χ3v) is 3.44. The highest BCUT2D eigenvalue weighted by Gasteiger charge is 2.18. The summed E-state index contributed by atoms with van der Waals surface area (Å²) >= 11 is 0. The Morgan fingerprint density at radius 1 is 1.20 bits per heavy atom. The van der Waals surface area contributed by atoms with Crippen molar-refractivity contribution < 1.29 is 0 Å². The van der Waals surface area contributed by atoms with Crippen LogP contribution in [-0.4, -0.2) is 35.1 Å². The molecule has 2 rings (SSSR count). The second-order valence-electron chi connectivity index (χ2n) is 7.21. The molecule has 0 aliphatic carbocycles. The first kappa shape index (κ1) is 15.0. The Balaban J connectivity index is 2.45. The molecule has 2 aromatic rings. The number of fused-ring (bicyclic) bond motifs is 1. The molecule has 0 radical (unpaired) electrons. The first-order valence-corrected chi connectivity index (χ1v) is 7.37. The molecule has 1 aromatic carbocycles. The van der Waals surface area contributed by atoms with Gasteiger partial charge in [-0.25, -0.2) is 4.98 Å². The van der Waals surface area contributed by atoms with Crippen molar-refractivity contribution in [1.29, 1.82) is 0 Å². The van der Waals surface area contributed by atoms with Gasteiger partial charge >= 0.3 is 0 Å². The minimum Gasteiger partial charge on any atom is -0.327 e. The van der Waals surface area contributed by atoms with Crippen molar-refractivity contribution in [1.82, 2.24) is 14.5 Å². The summed E-state index contributed by atoms with van der Waals surface area (Å²) in [5.74, 6) is 1.21. The molecule has 0 fully saturated rings. The van der Waals surface area contributed by atoms with E-state index in [-0.39, 0.29) is 5.41 Å². The van der Waals surface area contributed by atoms with Crippen molar-refractivity contribution >= 4 is 11.0 Å². The van der Waals surface area contributed by atoms with E-state index < -0.39 is 0 Å². The predicted molar refractivity (Wildman–Crippen MR) is 86.2 cm³/mol. The molecule has 20 heavy (non-hydrogen) atoms. The van der Waals surface area contributed by atoms with Crippen LogP contribution in [0.25, 0.3) is 11.0 Å². The average Bonchev–Trinajstić information content (AvgIpc) is 2.60. The number of aryl methyl sites for hydroxylation is 1. The van der Waals surface area contributed by atoms with Gasteiger partial charge in [-0.1, -0.05) is 26.8 Å². The van der Waals surface area contributed by atoms with Crippen molar-refractivity contribution in [3.05, 3.63) is 29.6 Å². The van der Waals surface area contributed by atoms with Gasteiger partial charge in [-0.3, -0.25) is 0 Å². The Bertz CT molecular complexity index is 588. The van der Waals surface area contributed by atoms with Crippen molar-refractivity contribution in [3.8, 4) is 0 Å². The first-order chi connectivity index (χ1) is 9.26. The highest BCUT2D eigenvalue weighted by atomic mass is 15.1. The van der Waals surface area contributed by atoms with Gasteiger partial charge in [0.2, 0.25) is 0 Å². The van der Waals surface area contributed by atoms with E-state index in [9.17, 15) is 0 Å². The van der Waals surface area contributed by atoms with Gasteiger partial charge < -0.3 is 9.47 Å². The van der Waals surface area contributed by atoms with Crippen LogP contribution >= 0.6 is 0 Å². The van der Waals surface area contributed by atoms with Gasteiger partial charge in [0.05, 0.1) is 11.0 Å². The fourth-order valence-corrected chi connectivity index (χ4v) is 2.45. The second-order valence-corrected chi connectivity index (χ2v) is 7.21. The Kier molecular flexibility index (Phi) is 4.19. The fraction of sp³-hybridized carbons (Fsp3) is 0.588. The summed E-state index contributed by atoms with van der Waals surface area (Å²) in [6.07, 6.45) is 1.01. The molecular formula is C17H27N3. The summed E-state index contributed by atoms with van der Waals surface area (Å²) in [6, 6.07) is 6.57. The van der Waals surface area contributed by atoms with Crippen LogP contribution in [0.2, 0.25) is 0 Å². The molecule has 0 aliphatic heterocycles. The van der Waals surface area contributed by atoms with Crippen LogP contribution in [0.1, 0.15) is 32.2 Å². The lowest BCUT2D eigenvalue weighted by Crippen LogP contribution is -2.21. The monoisotopic (exact) mass is 273 g/mol. The third kappa shape index (κ3) is 3.60. The van der Waals surface area contributed by atoms with Crippen LogP contribution in [0.15, 0.2) is 18.2 Å². The zero-order chi connectivity index (χ0) is 14.9. The molecule has 0 atom stereocenters. The van der Waals surface area contributed by atoms with E-state index in [1.54, 1.807) is 0 Å². The van der Waals surface area contributed by atoms with E-state index >= 15 is 0 Å². The Morgan fingerprint density at radius 3 is 2.50 bits per heavy atom. The second kappa shape index (κ2) is 5.57. The molecule has 0 spiro atoms. The fourth-order valence-electron chi connectivity index (χ4n) is 2.45. The lowest BCUT2D eigenvalue weighted by Gasteiger charge is -2.19. The number of likely N-dealkylation sites (N-methyl/N-ethyl adjacent to an activating group) is 1. The Morgan fingerprint density at radius 2 is 1.90 bits per heavy atom. The standard InChI is InChI=1S/C17H27N3/c1-13-7-8-15-14(11-13)18-16(12-17(2,3)4)20(15)10-9-19(5)6/h7-8,11H,9-10,12H2,1-6H3. The zero-order valence-corrected chi connectivity index (χ0v) is 13.7. The molecule has 3 heteroatoms. The third-order valence-electron chi connectivity index (χ3n) is 3.44. The van der Waals surface area contributed by atoms with E-state index in [1.165, 1.54) is 16.9 Å². The zero-order valence-electron chi connectivity index (χ0n) is 13.7. The van der Waals surface area contributed by atoms with E-state index in [1.807, 2.05) is 0 Å². The normalized spacial score (nSPS) is 12.6. The van der Waals surface area contributed by atoms with Crippen molar-refractivity contribution in [3.63, 3.8) is 0 Å². The molecule has 0 bridgehead atoms. The number of imidazole rings is 1. The Hall–Kier alpha value is -1.35. The van der Waals surface area contributed by atoms with Crippen LogP contribution < -0.4 is 0 Å². The molecule has 1 heterocycles. The van der Waals surface area contributed by atoms with Gasteiger partial charge in [0.15, 0.2) is 0 Å². The molecule has 0 amide bonds. The number of hydrogen-bond donors (Lipinski definition) is 0. The maximum Gasteiger partial charge on any atom is 0.110 e. The molecule has 0 aliphatic rings. The quantitative estimate of drug-likeness (QED) is 0.850. The molecule has 3 nitrogen and oxygen atoms in total. The summed E-state index contributed by atoms with van der Waals surface area (Å²) in [6.45, 7) is 11.0. The van der Waals surface area contributed by atoms with Gasteiger partial charge in [-0.15, -0.1) is 0 Å². The van der Waals surface area contributed by atoms with E-state index in [2.05, 4.69) is 69.5 Å². The van der Waals surface area contributed by atoms with Crippen LogP contribution in [-0.2, 0) is 13.0 Å². The molecule has 110 valence electrons. The van der Waals surface area contributed by atoms with Crippen LogP contribution in [0.5, 0.6) is 0 Å². The van der Waals surface area contributed by atoms with Gasteiger partial charge in [0, 0.05) is 19.5 Å². The summed E-state index contributed by atoms with van der Waals surface area (Å²) < 4.78 is 2.39. The van der Waals surface area contributed by atoms with E-state index in [0.29, 0.717) is 0 Å². The molecular weight excluding hydrogens is 246 g/mol. The summed E-state index contributed by atoms with van der Waals surface area (Å²) in [4.78, 5) is 7.10. The summed E-state index contributed by atoms with van der Waals surface area (Å²) in [5.41, 5.74) is 3.92. The largest absolute Gasteiger partial charge is 0.327 e. The molecule has 0 unspecified atom stereocenters. The van der Waals surface area contributed by atoms with Gasteiger partial charge in [-0.2, -0.15) is 0 Å². The Labute approximate surface area is 122 Å². The predicted octanol–water partition coefficient (Wildman–Crippen LogP) is 3.49. The highest BCUT2D eigenvalue weighted by molar-refractivity contribution is 5.76. The molecule has 0 saturated heterocycles. The summed E-state index contributed by atoms with van der Waals surface area (Å²) in [7, 11) is 4.24. The van der Waals surface area contributed by atoms with E-state index in [0.717, 1.165) is 25.0 Å². The minimum atomic E-state index is 0.256. The lowest BCUT2D eigenvalue weighted by atomic mass is 9.92. The molecule has 1 aromatic heterocycles. The number of nitrogens with zero attached hydrogens (tertiary/aromatic N) is 3. The maximum absolute atomic E-state index is 4.88. The maximum atomic E-state index is 4.88. The smallest absolute Gasteiger partial charge is 0.110 e. The van der Waals surface area contributed by atoms with Crippen LogP contribution in [0.3, 0.4) is 0 Å². The molecule has 0 saturated carbocycles. The topological polar surface area (TPSA) is 21.1 Å². The first-order valence-electron chi connectivity index (χ1n) is 7.37. The van der Waals surface area contributed by atoms with Crippen molar-refractivity contribution in [2.75, 3.05) is 20.6 Å². The van der Waals surface area contributed by atoms with Crippen molar-refractivity contribution in [2.24, 2.45) is 5.41 Å². The van der Waals surface area contributed by atoms with Crippen LogP contribution in [0.4, 0.5) is 0 Å². The number of benzene rings is 1. The SMILES string of the molecule is Cc1ccc2c(c1)nc(CC(C)(C)C)n2CCN(C)C. The van der Waals surface area contributed by atoms with Crippen LogP contribution in [0, 0.1) is 12.3 Å².